The molecular formula is C16H18FNO5S. The summed E-state index contributed by atoms with van der Waals surface area (Å²) >= 11 is 0. The van der Waals surface area contributed by atoms with Gasteiger partial charge in [-0.05, 0) is 24.6 Å². The van der Waals surface area contributed by atoms with E-state index in [0.717, 1.165) is 0 Å². The second-order valence-electron chi connectivity index (χ2n) is 5.73. The highest BCUT2D eigenvalue weighted by Crippen LogP contribution is 2.28. The number of benzene rings is 1. The molecule has 1 aliphatic rings. The zero-order chi connectivity index (χ0) is 18.1. The molecule has 1 saturated heterocycles. The summed E-state index contributed by atoms with van der Waals surface area (Å²) in [6.07, 6.45) is 1.43. The number of halogens is 1. The monoisotopic (exact) mass is 355 g/mol. The number of esters is 1. The minimum atomic E-state index is -1.40. The topological polar surface area (TPSA) is 81.7 Å². The zero-order valence-electron chi connectivity index (χ0n) is 13.8. The van der Waals surface area contributed by atoms with Crippen LogP contribution in [0.3, 0.4) is 0 Å². The van der Waals surface area contributed by atoms with Crippen molar-refractivity contribution >= 4 is 22.7 Å². The van der Waals surface area contributed by atoms with Gasteiger partial charge in [0.2, 0.25) is 11.5 Å². The van der Waals surface area contributed by atoms with Gasteiger partial charge in [-0.1, -0.05) is 6.07 Å². The average molecular weight is 355 g/mol. The first-order chi connectivity index (χ1) is 11.1. The number of hydrogen-bond donors (Lipinski definition) is 1. The number of amides is 1. The Morgan fingerprint density at radius 1 is 1.33 bits per heavy atom. The van der Waals surface area contributed by atoms with Gasteiger partial charge in [0.1, 0.15) is 5.82 Å². The highest BCUT2D eigenvalue weighted by atomic mass is 32.2. The Kier molecular flexibility index (Phi) is 5.08. The van der Waals surface area contributed by atoms with E-state index in [1.807, 2.05) is 0 Å². The molecule has 0 aliphatic carbocycles. The maximum absolute atomic E-state index is 13.3. The van der Waals surface area contributed by atoms with Crippen LogP contribution in [0.25, 0.3) is 0 Å². The summed E-state index contributed by atoms with van der Waals surface area (Å²) in [6.45, 7) is 4.60. The van der Waals surface area contributed by atoms with Gasteiger partial charge in [-0.3, -0.25) is 9.00 Å². The van der Waals surface area contributed by atoms with Gasteiger partial charge >= 0.3 is 5.97 Å². The molecule has 1 fully saturated rings. The summed E-state index contributed by atoms with van der Waals surface area (Å²) in [6, 6.07) is 3.85. The van der Waals surface area contributed by atoms with Crippen LogP contribution in [0.2, 0.25) is 0 Å². The molecule has 1 heterocycles. The van der Waals surface area contributed by atoms with E-state index in [4.69, 9.17) is 9.47 Å². The summed E-state index contributed by atoms with van der Waals surface area (Å²) in [5.74, 6) is -2.99. The second kappa shape index (κ2) is 6.72. The van der Waals surface area contributed by atoms with Gasteiger partial charge in [-0.25, -0.2) is 9.18 Å². The molecule has 1 unspecified atom stereocenters. The van der Waals surface area contributed by atoms with Gasteiger partial charge in [0.05, 0.1) is 16.4 Å². The summed E-state index contributed by atoms with van der Waals surface area (Å²) in [7, 11) is -1.40. The van der Waals surface area contributed by atoms with Crippen molar-refractivity contribution in [2.75, 3.05) is 6.26 Å². The van der Waals surface area contributed by atoms with Gasteiger partial charge in [0.15, 0.2) is 0 Å². The minimum absolute atomic E-state index is 0.0388. The fourth-order valence-electron chi connectivity index (χ4n) is 2.16. The Labute approximate surface area is 141 Å². The summed E-state index contributed by atoms with van der Waals surface area (Å²) in [4.78, 5) is 24.2. The molecule has 0 spiro atoms. The molecule has 1 N–H and O–H groups in total. The van der Waals surface area contributed by atoms with E-state index in [-0.39, 0.29) is 17.9 Å². The highest BCUT2D eigenvalue weighted by molar-refractivity contribution is 7.84. The Bertz CT molecular complexity index is 757. The molecule has 24 heavy (non-hydrogen) atoms. The second-order valence-corrected chi connectivity index (χ2v) is 7.08. The summed E-state index contributed by atoms with van der Waals surface area (Å²) in [5, 5.41) is 2.60. The molecule has 1 aliphatic heterocycles. The fourth-order valence-corrected chi connectivity index (χ4v) is 2.95. The minimum Gasteiger partial charge on any atom is -0.445 e. The normalized spacial score (nSPS) is 19.3. The lowest BCUT2D eigenvalue weighted by molar-refractivity contribution is -0.159. The SMILES string of the molecule is CC(C(=O)NCc1ccc(F)cc1S(C)=O)=C1OC(C)(C)OC1=O. The third-order valence-corrected chi connectivity index (χ3v) is 4.33. The van der Waals surface area contributed by atoms with Crippen molar-refractivity contribution in [3.63, 3.8) is 0 Å². The van der Waals surface area contributed by atoms with Crippen molar-refractivity contribution in [2.45, 2.75) is 38.0 Å². The van der Waals surface area contributed by atoms with Gasteiger partial charge in [-0.15, -0.1) is 0 Å². The number of nitrogens with one attached hydrogen (secondary N) is 1. The van der Waals surface area contributed by atoms with Crippen molar-refractivity contribution < 1.29 is 27.7 Å². The maximum atomic E-state index is 13.3. The molecule has 8 heteroatoms. The van der Waals surface area contributed by atoms with E-state index in [9.17, 15) is 18.2 Å². The van der Waals surface area contributed by atoms with Gasteiger partial charge < -0.3 is 14.8 Å². The Hall–Kier alpha value is -2.22. The van der Waals surface area contributed by atoms with Crippen molar-refractivity contribution in [2.24, 2.45) is 0 Å². The van der Waals surface area contributed by atoms with E-state index in [1.165, 1.54) is 31.4 Å². The first-order valence-corrected chi connectivity index (χ1v) is 8.70. The molecule has 1 aromatic rings. The molecular weight excluding hydrogens is 337 g/mol. The average Bonchev–Trinajstić information content (AvgIpc) is 2.77. The molecule has 0 radical (unpaired) electrons. The Morgan fingerprint density at radius 2 is 2.00 bits per heavy atom. The number of ether oxygens (including phenoxy) is 2. The van der Waals surface area contributed by atoms with Crippen LogP contribution in [-0.2, 0) is 36.4 Å². The highest BCUT2D eigenvalue weighted by Gasteiger charge is 2.39. The summed E-state index contributed by atoms with van der Waals surface area (Å²) in [5.41, 5.74) is 0.602. The Balaban J connectivity index is 2.14. The lowest BCUT2D eigenvalue weighted by Gasteiger charge is -2.14. The van der Waals surface area contributed by atoms with Crippen molar-refractivity contribution in [1.29, 1.82) is 0 Å². The third kappa shape index (κ3) is 4.00. The number of carbonyl (C=O) groups is 2. The summed E-state index contributed by atoms with van der Waals surface area (Å²) < 4.78 is 35.2. The lowest BCUT2D eigenvalue weighted by Crippen LogP contribution is -2.26. The number of cyclic esters (lactones) is 1. The zero-order valence-corrected chi connectivity index (χ0v) is 14.6. The van der Waals surface area contributed by atoms with Gasteiger partial charge in [-0.2, -0.15) is 0 Å². The number of rotatable bonds is 4. The predicted octanol–water partition coefficient (Wildman–Crippen LogP) is 1.76. The first kappa shape index (κ1) is 18.1. The molecule has 2 rings (SSSR count). The van der Waals surface area contributed by atoms with Gasteiger partial charge in [0.25, 0.3) is 5.91 Å². The van der Waals surface area contributed by atoms with Crippen LogP contribution < -0.4 is 5.32 Å². The first-order valence-electron chi connectivity index (χ1n) is 7.14. The van der Waals surface area contributed by atoms with Crippen LogP contribution in [0.1, 0.15) is 26.3 Å². The van der Waals surface area contributed by atoms with Crippen LogP contribution in [-0.4, -0.2) is 28.1 Å². The van der Waals surface area contributed by atoms with E-state index in [0.29, 0.717) is 10.5 Å². The number of hydrogen-bond acceptors (Lipinski definition) is 5. The molecule has 0 aromatic heterocycles. The molecule has 0 saturated carbocycles. The molecule has 1 aromatic carbocycles. The van der Waals surface area contributed by atoms with Crippen molar-refractivity contribution in [3.8, 4) is 0 Å². The quantitative estimate of drug-likeness (QED) is 0.657. The number of carbonyl (C=O) groups excluding carboxylic acids is 2. The largest absolute Gasteiger partial charge is 0.445 e. The fraction of sp³-hybridized carbons (Fsp3) is 0.375. The van der Waals surface area contributed by atoms with E-state index in [1.54, 1.807) is 13.8 Å². The van der Waals surface area contributed by atoms with Crippen LogP contribution in [0, 0.1) is 5.82 Å². The molecule has 0 bridgehead atoms. The van der Waals surface area contributed by atoms with E-state index >= 15 is 0 Å². The van der Waals surface area contributed by atoms with Crippen LogP contribution in [0.15, 0.2) is 34.4 Å². The molecule has 1 atom stereocenters. The lowest BCUT2D eigenvalue weighted by atomic mass is 10.2. The van der Waals surface area contributed by atoms with Crippen molar-refractivity contribution in [1.82, 2.24) is 5.32 Å². The maximum Gasteiger partial charge on any atom is 0.377 e. The van der Waals surface area contributed by atoms with Gasteiger partial charge in [0, 0.05) is 31.5 Å². The predicted molar refractivity (Wildman–Crippen MR) is 84.5 cm³/mol. The van der Waals surface area contributed by atoms with Crippen LogP contribution >= 0.6 is 0 Å². The van der Waals surface area contributed by atoms with E-state index in [2.05, 4.69) is 5.32 Å². The van der Waals surface area contributed by atoms with E-state index < -0.39 is 34.3 Å². The Morgan fingerprint density at radius 3 is 2.54 bits per heavy atom. The molecule has 130 valence electrons. The molecule has 1 amide bonds. The standard InChI is InChI=1S/C16H18FNO5S/c1-9(13-15(20)23-16(2,3)22-13)14(19)18-8-10-5-6-11(17)7-12(10)24(4)21/h5-7H,8H2,1-4H3,(H,18,19). The smallest absolute Gasteiger partial charge is 0.377 e. The van der Waals surface area contributed by atoms with Crippen molar-refractivity contribution in [3.05, 3.63) is 40.9 Å². The molecule has 6 nitrogen and oxygen atoms in total. The third-order valence-electron chi connectivity index (χ3n) is 3.33. The van der Waals surface area contributed by atoms with Crippen LogP contribution in [0.4, 0.5) is 4.39 Å². The van der Waals surface area contributed by atoms with Crippen LogP contribution in [0.5, 0.6) is 0 Å².